The molecule has 4 aromatic heterocycles. The lowest BCUT2D eigenvalue weighted by Gasteiger charge is -2.15. The molecule has 6 rings (SSSR count). The summed E-state index contributed by atoms with van der Waals surface area (Å²) in [6.45, 7) is 0. The van der Waals surface area contributed by atoms with E-state index in [0.29, 0.717) is 23.0 Å². The highest BCUT2D eigenvalue weighted by molar-refractivity contribution is 7.92. The summed E-state index contributed by atoms with van der Waals surface area (Å²) in [5, 5.41) is 11.6. The summed E-state index contributed by atoms with van der Waals surface area (Å²) >= 11 is 5.91. The largest absolute Gasteiger partial charge is 0.480 e. The Morgan fingerprint density at radius 2 is 1.95 bits per heavy atom. The van der Waals surface area contributed by atoms with Gasteiger partial charge in [0.2, 0.25) is 11.8 Å². The second kappa shape index (κ2) is 8.99. The van der Waals surface area contributed by atoms with E-state index in [1.807, 2.05) is 0 Å². The molecule has 1 aromatic carbocycles. The first kappa shape index (κ1) is 24.2. The van der Waals surface area contributed by atoms with Crippen LogP contribution in [-0.4, -0.2) is 51.1 Å². The van der Waals surface area contributed by atoms with Gasteiger partial charge in [-0.3, -0.25) is 9.12 Å². The van der Waals surface area contributed by atoms with E-state index in [9.17, 15) is 8.42 Å². The molecule has 5 aromatic rings. The molecule has 1 fully saturated rings. The third-order valence-electron chi connectivity index (χ3n) is 5.90. The molecule has 0 amide bonds. The summed E-state index contributed by atoms with van der Waals surface area (Å²) in [6.07, 6.45) is 6.16. The molecule has 11 nitrogen and oxygen atoms in total. The predicted octanol–water partition coefficient (Wildman–Crippen LogP) is 4.05. The summed E-state index contributed by atoms with van der Waals surface area (Å²) < 4.78 is 65.7. The van der Waals surface area contributed by atoms with Crippen molar-refractivity contribution in [3.63, 3.8) is 0 Å². The van der Waals surface area contributed by atoms with E-state index in [0.717, 1.165) is 31.0 Å². The molecule has 194 valence electrons. The van der Waals surface area contributed by atoms with Crippen LogP contribution in [0.1, 0.15) is 12.8 Å². The maximum atomic E-state index is 15.8. The molecular weight excluding hydrogens is 542 g/mol. The first-order chi connectivity index (χ1) is 18.2. The third-order valence-corrected chi connectivity index (χ3v) is 7.46. The molecule has 0 bridgehead atoms. The minimum atomic E-state index is -4.43. The van der Waals surface area contributed by atoms with Crippen LogP contribution in [0.5, 0.6) is 5.88 Å². The Bertz CT molecular complexity index is 1850. The molecule has 0 radical (unpaired) electrons. The highest BCUT2D eigenvalue weighted by Crippen LogP contribution is 2.36. The van der Waals surface area contributed by atoms with Gasteiger partial charge in [-0.2, -0.15) is 4.98 Å². The summed E-state index contributed by atoms with van der Waals surface area (Å²) in [4.78, 5) is 12.2. The predicted molar refractivity (Wildman–Crippen MR) is 135 cm³/mol. The monoisotopic (exact) mass is 558 g/mol. The first-order valence-corrected chi connectivity index (χ1v) is 13.1. The lowest BCUT2D eigenvalue weighted by molar-refractivity contribution is 0.385. The number of benzene rings is 1. The first-order valence-electron chi connectivity index (χ1n) is 11.2. The maximum Gasteiger partial charge on any atom is 0.267 e. The molecule has 4 heterocycles. The van der Waals surface area contributed by atoms with Crippen molar-refractivity contribution >= 4 is 49.9 Å². The van der Waals surface area contributed by atoms with Gasteiger partial charge in [0.15, 0.2) is 22.0 Å². The minimum absolute atomic E-state index is 0.0227. The van der Waals surface area contributed by atoms with Crippen LogP contribution in [0.15, 0.2) is 47.9 Å². The third kappa shape index (κ3) is 4.20. The molecule has 0 saturated heterocycles. The number of methoxy groups -OCH3 is 1. The molecule has 0 aliphatic heterocycles. The van der Waals surface area contributed by atoms with E-state index in [2.05, 4.69) is 35.2 Å². The molecule has 15 heteroatoms. The maximum absolute atomic E-state index is 15.8. The molecule has 1 aliphatic carbocycles. The second-order valence-corrected chi connectivity index (χ2v) is 10.6. The van der Waals surface area contributed by atoms with Gasteiger partial charge in [0.25, 0.3) is 10.0 Å². The zero-order valence-corrected chi connectivity index (χ0v) is 21.1. The van der Waals surface area contributed by atoms with Crippen molar-refractivity contribution in [1.29, 1.82) is 0 Å². The molecule has 0 unspecified atom stereocenters. The highest BCUT2D eigenvalue weighted by Gasteiger charge is 2.27. The van der Waals surface area contributed by atoms with Crippen molar-refractivity contribution in [2.45, 2.75) is 23.8 Å². The summed E-state index contributed by atoms with van der Waals surface area (Å²) in [7, 11) is -3.21. The Hall–Kier alpha value is -4.17. The summed E-state index contributed by atoms with van der Waals surface area (Å²) in [6, 6.07) is 4.81. The Morgan fingerprint density at radius 3 is 2.71 bits per heavy atom. The average Bonchev–Trinajstić information content (AvgIpc) is 3.56. The highest BCUT2D eigenvalue weighted by atomic mass is 35.5. The van der Waals surface area contributed by atoms with Crippen molar-refractivity contribution in [3.05, 3.63) is 59.6 Å². The zero-order valence-electron chi connectivity index (χ0n) is 19.5. The van der Waals surface area contributed by atoms with Gasteiger partial charge in [0.05, 0.1) is 23.4 Å². The van der Waals surface area contributed by atoms with E-state index < -0.39 is 37.8 Å². The number of aromatic nitrogens is 6. The van der Waals surface area contributed by atoms with Crippen molar-refractivity contribution in [2.24, 2.45) is 0 Å². The molecule has 38 heavy (non-hydrogen) atoms. The van der Waals surface area contributed by atoms with Crippen molar-refractivity contribution in [3.8, 4) is 17.0 Å². The number of halogens is 3. The topological polar surface area (TPSA) is 136 Å². The number of sulfonamides is 1. The van der Waals surface area contributed by atoms with Crippen molar-refractivity contribution < 1.29 is 21.9 Å². The molecule has 0 atom stereocenters. The Kier molecular flexibility index (Phi) is 5.72. The molecule has 1 aliphatic rings. The van der Waals surface area contributed by atoms with Crippen LogP contribution in [0.25, 0.3) is 27.8 Å². The second-order valence-electron chi connectivity index (χ2n) is 8.52. The van der Waals surface area contributed by atoms with Crippen LogP contribution >= 0.6 is 11.6 Å². The average molecular weight is 559 g/mol. The molecule has 2 N–H and O–H groups in total. The van der Waals surface area contributed by atoms with E-state index >= 15 is 8.78 Å². The van der Waals surface area contributed by atoms with Crippen LogP contribution in [0, 0.1) is 11.6 Å². The van der Waals surface area contributed by atoms with Gasteiger partial charge in [-0.25, -0.2) is 27.2 Å². The smallest absolute Gasteiger partial charge is 0.267 e. The summed E-state index contributed by atoms with van der Waals surface area (Å²) in [5.41, 5.74) is -0.445. The Labute approximate surface area is 218 Å². The van der Waals surface area contributed by atoms with Crippen LogP contribution in [0.3, 0.4) is 0 Å². The SMILES string of the molecule is COc1ncc(Cl)cc1S(=O)(=O)Nc1ccc(F)c(-c2cc3cnc(NC4CC4)nc3n3cnnc23)c1F. The van der Waals surface area contributed by atoms with Gasteiger partial charge in [0.1, 0.15) is 12.1 Å². The normalized spacial score (nSPS) is 13.7. The number of hydrogen-bond donors (Lipinski definition) is 2. The van der Waals surface area contributed by atoms with Crippen molar-refractivity contribution in [2.75, 3.05) is 17.1 Å². The quantitative estimate of drug-likeness (QED) is 0.303. The number of anilines is 2. The van der Waals surface area contributed by atoms with Gasteiger partial charge in [-0.1, -0.05) is 11.6 Å². The number of ether oxygens (including phenoxy) is 1. The Balaban J connectivity index is 1.47. The standard InChI is InChI=1S/C23H17ClF2N8O3S/c1-37-22-17(7-12(24)9-27-22)38(35,36)33-16-5-4-15(25)18(19(16)26)14-6-11-8-28-23(30-13-2-3-13)31-20(11)34-10-29-32-21(14)34/h4-10,13,33H,2-3H2,1H3,(H,28,30,31). The lowest BCUT2D eigenvalue weighted by atomic mass is 10.0. The van der Waals surface area contributed by atoms with Crippen LogP contribution < -0.4 is 14.8 Å². The number of nitrogens with zero attached hydrogens (tertiary/aromatic N) is 6. The fourth-order valence-corrected chi connectivity index (χ4v) is 5.39. The van der Waals surface area contributed by atoms with Gasteiger partial charge in [-0.15, -0.1) is 10.2 Å². The zero-order chi connectivity index (χ0) is 26.6. The molecule has 1 saturated carbocycles. The van der Waals surface area contributed by atoms with Crippen LogP contribution in [0.4, 0.5) is 20.4 Å². The van der Waals surface area contributed by atoms with E-state index in [-0.39, 0.29) is 22.1 Å². The number of fused-ring (bicyclic) bond motifs is 3. The summed E-state index contributed by atoms with van der Waals surface area (Å²) in [5.74, 6) is -1.94. The van der Waals surface area contributed by atoms with Gasteiger partial charge in [-0.05, 0) is 37.1 Å². The van der Waals surface area contributed by atoms with E-state index in [4.69, 9.17) is 16.3 Å². The van der Waals surface area contributed by atoms with Gasteiger partial charge >= 0.3 is 0 Å². The number of rotatable bonds is 7. The lowest BCUT2D eigenvalue weighted by Crippen LogP contribution is -2.16. The Morgan fingerprint density at radius 1 is 1.13 bits per heavy atom. The molecular formula is C23H17ClF2N8O3S. The number of nitrogens with one attached hydrogen (secondary N) is 2. The number of hydrogen-bond acceptors (Lipinski definition) is 9. The minimum Gasteiger partial charge on any atom is -0.480 e. The van der Waals surface area contributed by atoms with E-state index in [1.54, 1.807) is 0 Å². The van der Waals surface area contributed by atoms with E-state index in [1.165, 1.54) is 36.3 Å². The molecule has 0 spiro atoms. The van der Waals surface area contributed by atoms with Crippen LogP contribution in [0.2, 0.25) is 5.02 Å². The van der Waals surface area contributed by atoms with Crippen LogP contribution in [-0.2, 0) is 10.0 Å². The fourth-order valence-electron chi connectivity index (χ4n) is 3.97. The van der Waals surface area contributed by atoms with Gasteiger partial charge < -0.3 is 10.1 Å². The van der Waals surface area contributed by atoms with Gasteiger partial charge in [0, 0.05) is 29.4 Å². The number of pyridine rings is 2. The van der Waals surface area contributed by atoms with Crippen molar-refractivity contribution in [1.82, 2.24) is 29.5 Å². The fraction of sp³-hybridized carbons (Fsp3) is 0.174.